The van der Waals surface area contributed by atoms with E-state index < -0.39 is 0 Å². The minimum atomic E-state index is -0.175. The van der Waals surface area contributed by atoms with E-state index in [0.29, 0.717) is 0 Å². The average molecular weight is 288 g/mol. The molecule has 1 aromatic rings. The molecule has 1 atom stereocenters. The van der Waals surface area contributed by atoms with Gasteiger partial charge < -0.3 is 5.11 Å². The van der Waals surface area contributed by atoms with Gasteiger partial charge in [0, 0.05) is 19.2 Å². The lowest BCUT2D eigenvalue weighted by Gasteiger charge is -2.58. The van der Waals surface area contributed by atoms with E-state index in [1.54, 1.807) is 0 Å². The zero-order valence-corrected chi connectivity index (χ0v) is 13.4. The molecule has 0 saturated heterocycles. The average Bonchev–Trinajstić information content (AvgIpc) is 2.78. The van der Waals surface area contributed by atoms with E-state index in [0.717, 1.165) is 36.3 Å². The maximum absolute atomic E-state index is 11.0. The van der Waals surface area contributed by atoms with Crippen LogP contribution in [0.25, 0.3) is 0 Å². The number of aromatic nitrogens is 2. The van der Waals surface area contributed by atoms with Gasteiger partial charge in [0.05, 0.1) is 11.8 Å². The van der Waals surface area contributed by atoms with Gasteiger partial charge in [0.25, 0.3) is 0 Å². The smallest absolute Gasteiger partial charge is 0.0651 e. The molecule has 0 aromatic carbocycles. The molecule has 1 unspecified atom stereocenters. The quantitative estimate of drug-likeness (QED) is 0.924. The van der Waals surface area contributed by atoms with Gasteiger partial charge in [-0.25, -0.2) is 0 Å². The highest BCUT2D eigenvalue weighted by Crippen LogP contribution is 2.61. The van der Waals surface area contributed by atoms with E-state index in [1.807, 2.05) is 11.7 Å². The summed E-state index contributed by atoms with van der Waals surface area (Å²) >= 11 is 0. The van der Waals surface area contributed by atoms with Crippen molar-refractivity contribution in [1.82, 2.24) is 9.78 Å². The second kappa shape index (κ2) is 4.84. The number of aliphatic hydroxyl groups is 1. The first-order chi connectivity index (χ1) is 10.1. The largest absolute Gasteiger partial charge is 0.392 e. The van der Waals surface area contributed by atoms with Crippen molar-refractivity contribution in [3.8, 4) is 0 Å². The normalized spacial score (nSPS) is 38.9. The predicted molar refractivity (Wildman–Crippen MR) is 82.9 cm³/mol. The van der Waals surface area contributed by atoms with E-state index in [9.17, 15) is 5.11 Å². The van der Waals surface area contributed by atoms with Crippen LogP contribution in [-0.4, -0.2) is 21.0 Å². The number of rotatable bonds is 4. The molecular weight excluding hydrogens is 260 g/mol. The number of aliphatic hydroxyl groups excluding tert-OH is 1. The van der Waals surface area contributed by atoms with Crippen LogP contribution in [0, 0.1) is 23.2 Å². The molecule has 4 bridgehead atoms. The Bertz CT molecular complexity index is 498. The minimum Gasteiger partial charge on any atom is -0.392 e. The molecule has 1 heterocycles. The molecule has 3 heteroatoms. The third-order valence-corrected chi connectivity index (χ3v) is 6.58. The summed E-state index contributed by atoms with van der Waals surface area (Å²) in [6, 6.07) is 2.18. The number of hydrogen-bond acceptors (Lipinski definition) is 2. The summed E-state index contributed by atoms with van der Waals surface area (Å²) in [6.07, 6.45) is 9.74. The minimum absolute atomic E-state index is 0.175. The number of hydrogen-bond donors (Lipinski definition) is 1. The Kier molecular flexibility index (Phi) is 3.18. The molecule has 3 nitrogen and oxygen atoms in total. The Morgan fingerprint density at radius 3 is 2.29 bits per heavy atom. The molecular formula is C18H28N2O. The third kappa shape index (κ3) is 2.25. The highest BCUT2D eigenvalue weighted by molar-refractivity contribution is 5.13. The van der Waals surface area contributed by atoms with Gasteiger partial charge in [0.15, 0.2) is 0 Å². The summed E-state index contributed by atoms with van der Waals surface area (Å²) in [6.45, 7) is 2.14. The van der Waals surface area contributed by atoms with Crippen LogP contribution in [0.2, 0.25) is 0 Å². The highest BCUT2D eigenvalue weighted by Gasteiger charge is 2.53. The molecule has 4 fully saturated rings. The second-order valence-corrected chi connectivity index (χ2v) is 8.10. The van der Waals surface area contributed by atoms with Crippen LogP contribution in [0.15, 0.2) is 6.07 Å². The van der Waals surface area contributed by atoms with Crippen LogP contribution in [0.1, 0.15) is 56.8 Å². The summed E-state index contributed by atoms with van der Waals surface area (Å²) in [4.78, 5) is 0. The van der Waals surface area contributed by atoms with E-state index in [-0.39, 0.29) is 11.5 Å². The molecule has 0 amide bonds. The Morgan fingerprint density at radius 2 is 1.81 bits per heavy atom. The molecule has 4 saturated carbocycles. The first-order valence-corrected chi connectivity index (χ1v) is 8.78. The van der Waals surface area contributed by atoms with Crippen LogP contribution < -0.4 is 0 Å². The van der Waals surface area contributed by atoms with E-state index >= 15 is 0 Å². The maximum atomic E-state index is 11.0. The number of nitrogens with zero attached hydrogens (tertiary/aromatic N) is 2. The lowest BCUT2D eigenvalue weighted by atomic mass is 9.48. The lowest BCUT2D eigenvalue weighted by Crippen LogP contribution is -2.52. The van der Waals surface area contributed by atoms with Gasteiger partial charge in [0.1, 0.15) is 0 Å². The third-order valence-electron chi connectivity index (χ3n) is 6.58. The van der Waals surface area contributed by atoms with Crippen molar-refractivity contribution in [2.75, 3.05) is 0 Å². The zero-order valence-electron chi connectivity index (χ0n) is 13.4. The van der Waals surface area contributed by atoms with Crippen LogP contribution >= 0.6 is 0 Å². The van der Waals surface area contributed by atoms with Crippen molar-refractivity contribution >= 4 is 0 Å². The molecule has 21 heavy (non-hydrogen) atoms. The van der Waals surface area contributed by atoms with Gasteiger partial charge in [-0.1, -0.05) is 6.92 Å². The van der Waals surface area contributed by atoms with E-state index in [4.69, 9.17) is 0 Å². The fraction of sp³-hybridized carbons (Fsp3) is 0.833. The Hall–Kier alpha value is -0.830. The van der Waals surface area contributed by atoms with Gasteiger partial charge in [0.2, 0.25) is 0 Å². The Morgan fingerprint density at radius 1 is 1.24 bits per heavy atom. The predicted octanol–water partition coefficient (Wildman–Crippen LogP) is 3.10. The van der Waals surface area contributed by atoms with Crippen LogP contribution in [0.4, 0.5) is 0 Å². The molecule has 0 spiro atoms. The summed E-state index contributed by atoms with van der Waals surface area (Å²) in [5, 5.41) is 15.6. The summed E-state index contributed by atoms with van der Waals surface area (Å²) in [7, 11) is 2.01. The van der Waals surface area contributed by atoms with Crippen molar-refractivity contribution in [2.45, 2.75) is 64.4 Å². The molecule has 1 aromatic heterocycles. The maximum Gasteiger partial charge on any atom is 0.0651 e. The molecule has 0 aliphatic heterocycles. The van der Waals surface area contributed by atoms with Gasteiger partial charge in [-0.2, -0.15) is 5.10 Å². The van der Waals surface area contributed by atoms with Crippen molar-refractivity contribution in [1.29, 1.82) is 0 Å². The van der Waals surface area contributed by atoms with E-state index in [1.165, 1.54) is 44.2 Å². The van der Waals surface area contributed by atoms with Gasteiger partial charge >= 0.3 is 0 Å². The second-order valence-electron chi connectivity index (χ2n) is 8.10. The SMILES string of the molecule is CCc1cc(CC(O)C23CC4CC(CC(C4)C2)C3)n(C)n1. The van der Waals surface area contributed by atoms with Crippen LogP contribution in [0.3, 0.4) is 0 Å². The Labute approximate surface area is 127 Å². The van der Waals surface area contributed by atoms with E-state index in [2.05, 4.69) is 18.1 Å². The Balaban J connectivity index is 1.54. The van der Waals surface area contributed by atoms with Crippen LogP contribution in [0.5, 0.6) is 0 Å². The first-order valence-electron chi connectivity index (χ1n) is 8.78. The van der Waals surface area contributed by atoms with Crippen molar-refractivity contribution in [2.24, 2.45) is 30.2 Å². The molecule has 1 N–H and O–H groups in total. The van der Waals surface area contributed by atoms with Gasteiger partial charge in [-0.15, -0.1) is 0 Å². The highest BCUT2D eigenvalue weighted by atomic mass is 16.3. The van der Waals surface area contributed by atoms with Crippen LogP contribution in [-0.2, 0) is 19.9 Å². The lowest BCUT2D eigenvalue weighted by molar-refractivity contribution is -0.119. The van der Waals surface area contributed by atoms with Gasteiger partial charge in [-0.05, 0) is 74.2 Å². The molecule has 4 aliphatic rings. The summed E-state index contributed by atoms with van der Waals surface area (Å²) in [5.41, 5.74) is 2.58. The monoisotopic (exact) mass is 288 g/mol. The van der Waals surface area contributed by atoms with Crippen molar-refractivity contribution in [3.05, 3.63) is 17.5 Å². The van der Waals surface area contributed by atoms with Crippen molar-refractivity contribution < 1.29 is 5.11 Å². The molecule has 5 rings (SSSR count). The standard InChI is InChI=1S/C18H28N2O/c1-3-15-7-16(20(2)19-15)8-17(21)18-9-12-4-13(10-18)6-14(5-12)11-18/h7,12-14,17,21H,3-6,8-11H2,1-2H3. The van der Waals surface area contributed by atoms with Crippen molar-refractivity contribution in [3.63, 3.8) is 0 Å². The molecule has 4 aliphatic carbocycles. The fourth-order valence-corrected chi connectivity index (χ4v) is 5.94. The molecule has 0 radical (unpaired) electrons. The van der Waals surface area contributed by atoms with Gasteiger partial charge in [-0.3, -0.25) is 4.68 Å². The zero-order chi connectivity index (χ0) is 14.6. The molecule has 116 valence electrons. The summed E-state index contributed by atoms with van der Waals surface area (Å²) in [5.74, 6) is 2.72. The first kappa shape index (κ1) is 13.8. The summed E-state index contributed by atoms with van der Waals surface area (Å²) < 4.78 is 1.97. The fourth-order valence-electron chi connectivity index (χ4n) is 5.94. The topological polar surface area (TPSA) is 38.0 Å². The number of aryl methyl sites for hydroxylation is 2.